The van der Waals surface area contributed by atoms with Gasteiger partial charge < -0.3 is 10.4 Å². The van der Waals surface area contributed by atoms with Crippen LogP contribution in [0.2, 0.25) is 5.15 Å². The third kappa shape index (κ3) is 2.06. The molecule has 0 bridgehead atoms. The molecule has 1 aromatic heterocycles. The zero-order valence-electron chi connectivity index (χ0n) is 9.98. The molecule has 1 amide bonds. The van der Waals surface area contributed by atoms with Crippen molar-refractivity contribution in [1.82, 2.24) is 4.98 Å². The van der Waals surface area contributed by atoms with Crippen molar-refractivity contribution >= 4 is 29.2 Å². The minimum Gasteiger partial charge on any atom is -0.481 e. The highest BCUT2D eigenvalue weighted by atomic mass is 35.5. The molecule has 1 saturated carbocycles. The Morgan fingerprint density at radius 3 is 2.61 bits per heavy atom. The first kappa shape index (κ1) is 12.8. The maximum Gasteiger partial charge on any atom is 0.307 e. The quantitative estimate of drug-likeness (QED) is 0.822. The lowest BCUT2D eigenvalue weighted by molar-refractivity contribution is -0.140. The van der Waals surface area contributed by atoms with Gasteiger partial charge in [-0.25, -0.2) is 4.98 Å². The number of anilines is 1. The van der Waals surface area contributed by atoms with Gasteiger partial charge in [-0.15, -0.1) is 0 Å². The van der Waals surface area contributed by atoms with Crippen molar-refractivity contribution in [2.45, 2.75) is 13.8 Å². The fraction of sp³-hybridized carbons (Fsp3) is 0.417. The normalized spacial score (nSPS) is 24.4. The first-order chi connectivity index (χ1) is 8.35. The molecule has 2 rings (SSSR count). The van der Waals surface area contributed by atoms with Crippen LogP contribution in [-0.2, 0) is 9.59 Å². The third-order valence-corrected chi connectivity index (χ3v) is 3.69. The summed E-state index contributed by atoms with van der Waals surface area (Å²) in [5.41, 5.74) is -0.124. The van der Waals surface area contributed by atoms with Gasteiger partial charge in [0.15, 0.2) is 5.15 Å². The number of nitrogens with zero attached hydrogens (tertiary/aromatic N) is 1. The monoisotopic (exact) mass is 268 g/mol. The van der Waals surface area contributed by atoms with Crippen molar-refractivity contribution in [3.63, 3.8) is 0 Å². The second-order valence-corrected chi connectivity index (χ2v) is 5.30. The summed E-state index contributed by atoms with van der Waals surface area (Å²) in [4.78, 5) is 26.8. The Kier molecular flexibility index (Phi) is 3.02. The molecular weight excluding hydrogens is 256 g/mol. The van der Waals surface area contributed by atoms with Crippen molar-refractivity contribution in [2.75, 3.05) is 5.32 Å². The molecule has 1 heterocycles. The zero-order valence-corrected chi connectivity index (χ0v) is 10.7. The molecule has 0 aliphatic heterocycles. The van der Waals surface area contributed by atoms with Gasteiger partial charge in [0, 0.05) is 6.20 Å². The van der Waals surface area contributed by atoms with Gasteiger partial charge in [-0.1, -0.05) is 25.4 Å². The van der Waals surface area contributed by atoms with E-state index in [2.05, 4.69) is 10.3 Å². The highest BCUT2D eigenvalue weighted by Gasteiger charge is 2.65. The lowest BCUT2D eigenvalue weighted by Crippen LogP contribution is -2.18. The summed E-state index contributed by atoms with van der Waals surface area (Å²) in [6.45, 7) is 3.53. The maximum atomic E-state index is 12.0. The van der Waals surface area contributed by atoms with E-state index in [4.69, 9.17) is 16.7 Å². The van der Waals surface area contributed by atoms with Crippen LogP contribution < -0.4 is 5.32 Å². The Balaban J connectivity index is 2.11. The molecule has 2 N–H and O–H groups in total. The molecule has 18 heavy (non-hydrogen) atoms. The van der Waals surface area contributed by atoms with Gasteiger partial charge in [-0.05, 0) is 17.5 Å². The molecule has 1 aromatic rings. The van der Waals surface area contributed by atoms with Crippen LogP contribution in [0, 0.1) is 17.3 Å². The van der Waals surface area contributed by atoms with E-state index in [1.165, 1.54) is 6.20 Å². The van der Waals surface area contributed by atoms with Crippen molar-refractivity contribution in [1.29, 1.82) is 0 Å². The smallest absolute Gasteiger partial charge is 0.307 e. The molecule has 1 fully saturated rings. The number of carboxylic acids is 1. The summed E-state index contributed by atoms with van der Waals surface area (Å²) >= 11 is 5.82. The average molecular weight is 269 g/mol. The number of nitrogens with one attached hydrogen (secondary N) is 1. The van der Waals surface area contributed by atoms with Crippen LogP contribution in [-0.4, -0.2) is 22.0 Å². The number of hydrogen-bond acceptors (Lipinski definition) is 3. The van der Waals surface area contributed by atoms with E-state index in [0.717, 1.165) is 0 Å². The molecule has 0 aromatic carbocycles. The molecule has 1 aliphatic rings. The largest absolute Gasteiger partial charge is 0.481 e. The predicted molar refractivity (Wildman–Crippen MR) is 66.3 cm³/mol. The summed E-state index contributed by atoms with van der Waals surface area (Å²) in [5, 5.41) is 11.8. The Hall–Kier alpha value is -1.62. The molecule has 0 saturated heterocycles. The van der Waals surface area contributed by atoms with Crippen molar-refractivity contribution < 1.29 is 14.7 Å². The molecule has 2 atom stereocenters. The number of rotatable bonds is 3. The molecule has 96 valence electrons. The van der Waals surface area contributed by atoms with Crippen LogP contribution in [0.3, 0.4) is 0 Å². The third-order valence-electron chi connectivity index (χ3n) is 3.39. The van der Waals surface area contributed by atoms with Gasteiger partial charge in [0.25, 0.3) is 0 Å². The summed E-state index contributed by atoms with van der Waals surface area (Å²) in [7, 11) is 0. The average Bonchev–Trinajstić information content (AvgIpc) is 2.85. The van der Waals surface area contributed by atoms with Crippen LogP contribution in [0.25, 0.3) is 0 Å². The van der Waals surface area contributed by atoms with E-state index in [1.807, 2.05) is 0 Å². The van der Waals surface area contributed by atoms with Crippen molar-refractivity contribution in [3.8, 4) is 0 Å². The Morgan fingerprint density at radius 2 is 2.11 bits per heavy atom. The zero-order chi connectivity index (χ0) is 13.5. The van der Waals surface area contributed by atoms with Gasteiger partial charge >= 0.3 is 5.97 Å². The fourth-order valence-electron chi connectivity index (χ4n) is 2.28. The number of hydrogen-bond donors (Lipinski definition) is 2. The predicted octanol–water partition coefficient (Wildman–Crippen LogP) is 2.03. The molecule has 0 radical (unpaired) electrons. The van der Waals surface area contributed by atoms with Crippen LogP contribution in [0.5, 0.6) is 0 Å². The summed E-state index contributed by atoms with van der Waals surface area (Å²) in [5.74, 6) is -2.46. The number of halogens is 1. The van der Waals surface area contributed by atoms with E-state index >= 15 is 0 Å². The van der Waals surface area contributed by atoms with Gasteiger partial charge in [0.2, 0.25) is 5.91 Å². The summed E-state index contributed by atoms with van der Waals surface area (Å²) in [6, 6.07) is 3.27. The van der Waals surface area contributed by atoms with Gasteiger partial charge in [-0.2, -0.15) is 0 Å². The molecule has 0 spiro atoms. The minimum atomic E-state index is -0.947. The van der Waals surface area contributed by atoms with Crippen LogP contribution in [0.1, 0.15) is 13.8 Å². The van der Waals surface area contributed by atoms with E-state index in [0.29, 0.717) is 5.69 Å². The molecule has 5 nitrogen and oxygen atoms in total. The second-order valence-electron chi connectivity index (χ2n) is 4.95. The van der Waals surface area contributed by atoms with Crippen molar-refractivity contribution in [2.24, 2.45) is 17.3 Å². The standard InChI is InChI=1S/C12H13ClN2O3/c1-12(2)7(8(12)11(17)18)10(16)15-6-4-3-5-14-9(6)13/h3-5,7-8H,1-2H3,(H,15,16)(H,17,18)/t7-,8-/m1/s1. The summed E-state index contributed by atoms with van der Waals surface area (Å²) in [6.07, 6.45) is 1.51. The Bertz CT molecular complexity index is 516. The molecule has 0 unspecified atom stereocenters. The number of carbonyl (C=O) groups is 2. The Labute approximate surface area is 109 Å². The minimum absolute atomic E-state index is 0.191. The SMILES string of the molecule is CC1(C)[C@@H](C(=O)O)[C@@H]1C(=O)Nc1cccnc1Cl. The molecule has 1 aliphatic carbocycles. The summed E-state index contributed by atoms with van der Waals surface area (Å²) < 4.78 is 0. The molecule has 6 heteroatoms. The lowest BCUT2D eigenvalue weighted by atomic mass is 10.1. The first-order valence-electron chi connectivity index (χ1n) is 5.50. The highest BCUT2D eigenvalue weighted by molar-refractivity contribution is 6.32. The van der Waals surface area contributed by atoms with E-state index in [1.54, 1.807) is 26.0 Å². The van der Waals surface area contributed by atoms with Crippen molar-refractivity contribution in [3.05, 3.63) is 23.5 Å². The van der Waals surface area contributed by atoms with E-state index in [9.17, 15) is 9.59 Å². The topological polar surface area (TPSA) is 79.3 Å². The van der Waals surface area contributed by atoms with Crippen LogP contribution >= 0.6 is 11.6 Å². The number of carboxylic acid groups (broad SMARTS) is 1. The van der Waals surface area contributed by atoms with Gasteiger partial charge in [0.1, 0.15) is 0 Å². The number of carbonyl (C=O) groups excluding carboxylic acids is 1. The number of amides is 1. The first-order valence-corrected chi connectivity index (χ1v) is 5.87. The fourth-order valence-corrected chi connectivity index (χ4v) is 2.44. The second kappa shape index (κ2) is 4.24. The highest BCUT2D eigenvalue weighted by Crippen LogP contribution is 2.58. The van der Waals surface area contributed by atoms with E-state index in [-0.39, 0.29) is 11.1 Å². The maximum absolute atomic E-state index is 12.0. The van der Waals surface area contributed by atoms with Crippen LogP contribution in [0.4, 0.5) is 5.69 Å². The Morgan fingerprint density at radius 1 is 1.44 bits per heavy atom. The number of pyridine rings is 1. The van der Waals surface area contributed by atoms with Crippen LogP contribution in [0.15, 0.2) is 18.3 Å². The lowest BCUT2D eigenvalue weighted by Gasteiger charge is -2.06. The number of aromatic nitrogens is 1. The molecular formula is C12H13ClN2O3. The number of aliphatic carboxylic acids is 1. The van der Waals surface area contributed by atoms with E-state index < -0.39 is 23.2 Å². The van der Waals surface area contributed by atoms with Gasteiger partial charge in [0.05, 0.1) is 17.5 Å². The van der Waals surface area contributed by atoms with Gasteiger partial charge in [-0.3, -0.25) is 9.59 Å².